The maximum absolute atomic E-state index is 4.37. The van der Waals surface area contributed by atoms with Crippen LogP contribution in [0.1, 0.15) is 50.8 Å². The van der Waals surface area contributed by atoms with Crippen LogP contribution in [-0.2, 0) is 6.42 Å². The highest BCUT2D eigenvalue weighted by Gasteiger charge is 2.26. The van der Waals surface area contributed by atoms with Crippen LogP contribution in [0.3, 0.4) is 0 Å². The van der Waals surface area contributed by atoms with Gasteiger partial charge in [-0.2, -0.15) is 5.10 Å². The maximum Gasteiger partial charge on any atom is 0.151 e. The molecule has 0 amide bonds. The van der Waals surface area contributed by atoms with Crippen LogP contribution >= 0.6 is 0 Å². The largest absolute Gasteiger partial charge is 0.368 e. The van der Waals surface area contributed by atoms with E-state index >= 15 is 0 Å². The van der Waals surface area contributed by atoms with Gasteiger partial charge < -0.3 is 5.32 Å². The van der Waals surface area contributed by atoms with Crippen molar-refractivity contribution in [3.8, 4) is 0 Å². The van der Waals surface area contributed by atoms with Crippen LogP contribution in [0, 0.1) is 5.92 Å². The van der Waals surface area contributed by atoms with Gasteiger partial charge in [0.2, 0.25) is 0 Å². The minimum atomic E-state index is 0.667. The zero-order valence-electron chi connectivity index (χ0n) is 9.93. The predicted octanol–water partition coefficient (Wildman–Crippen LogP) is 2.92. The molecule has 0 saturated heterocycles. The number of aromatic amines is 1. The highest BCUT2D eigenvalue weighted by atomic mass is 15.2. The van der Waals surface area contributed by atoms with Gasteiger partial charge >= 0.3 is 0 Å². The molecule has 84 valence electrons. The molecule has 1 aliphatic rings. The zero-order valence-corrected chi connectivity index (χ0v) is 9.93. The topological polar surface area (TPSA) is 40.7 Å². The predicted molar refractivity (Wildman–Crippen MR) is 63.3 cm³/mol. The zero-order chi connectivity index (χ0) is 10.8. The normalized spacial score (nSPS) is 19.6. The van der Waals surface area contributed by atoms with E-state index in [9.17, 15) is 0 Å². The average molecular weight is 207 g/mol. The molecular weight excluding hydrogens is 186 g/mol. The second-order valence-electron chi connectivity index (χ2n) is 4.88. The van der Waals surface area contributed by atoms with Gasteiger partial charge in [0.15, 0.2) is 5.82 Å². The SMILES string of the molecule is CCC1CCc2c(NCC(C)C)n[nH]c21. The molecular formula is C12H21N3. The summed E-state index contributed by atoms with van der Waals surface area (Å²) in [7, 11) is 0. The highest BCUT2D eigenvalue weighted by Crippen LogP contribution is 2.37. The summed E-state index contributed by atoms with van der Waals surface area (Å²) in [6, 6.07) is 0. The molecule has 1 aromatic rings. The lowest BCUT2D eigenvalue weighted by Gasteiger charge is -2.06. The minimum absolute atomic E-state index is 0.667. The van der Waals surface area contributed by atoms with Crippen molar-refractivity contribution in [1.29, 1.82) is 0 Å². The number of nitrogens with zero attached hydrogens (tertiary/aromatic N) is 1. The van der Waals surface area contributed by atoms with Gasteiger partial charge in [-0.25, -0.2) is 0 Å². The van der Waals surface area contributed by atoms with Gasteiger partial charge in [-0.1, -0.05) is 20.8 Å². The van der Waals surface area contributed by atoms with Gasteiger partial charge in [-0.15, -0.1) is 0 Å². The lowest BCUT2D eigenvalue weighted by Crippen LogP contribution is -2.09. The number of aromatic nitrogens is 2. The molecule has 0 radical (unpaired) electrons. The monoisotopic (exact) mass is 207 g/mol. The van der Waals surface area contributed by atoms with Gasteiger partial charge in [0.25, 0.3) is 0 Å². The Kier molecular flexibility index (Phi) is 2.98. The first-order valence-electron chi connectivity index (χ1n) is 6.03. The van der Waals surface area contributed by atoms with E-state index in [2.05, 4.69) is 36.3 Å². The first-order valence-corrected chi connectivity index (χ1v) is 6.03. The van der Waals surface area contributed by atoms with Crippen molar-refractivity contribution >= 4 is 5.82 Å². The van der Waals surface area contributed by atoms with Crippen molar-refractivity contribution in [1.82, 2.24) is 10.2 Å². The lowest BCUT2D eigenvalue weighted by atomic mass is 10.1. The van der Waals surface area contributed by atoms with E-state index in [1.54, 1.807) is 0 Å². The van der Waals surface area contributed by atoms with E-state index in [1.807, 2.05) is 0 Å². The third-order valence-corrected chi connectivity index (χ3v) is 3.22. The quantitative estimate of drug-likeness (QED) is 0.797. The van der Waals surface area contributed by atoms with Gasteiger partial charge in [-0.05, 0) is 25.2 Å². The van der Waals surface area contributed by atoms with E-state index in [0.29, 0.717) is 11.8 Å². The first kappa shape index (κ1) is 10.5. The molecule has 0 fully saturated rings. The van der Waals surface area contributed by atoms with E-state index in [-0.39, 0.29) is 0 Å². The van der Waals surface area contributed by atoms with Gasteiger partial charge in [0, 0.05) is 23.7 Å². The van der Waals surface area contributed by atoms with Crippen molar-refractivity contribution in [3.63, 3.8) is 0 Å². The molecule has 0 bridgehead atoms. The Balaban J connectivity index is 2.08. The molecule has 3 heteroatoms. The van der Waals surface area contributed by atoms with Gasteiger partial charge in [0.1, 0.15) is 0 Å². The molecule has 2 N–H and O–H groups in total. The van der Waals surface area contributed by atoms with Crippen LogP contribution in [0.2, 0.25) is 0 Å². The Morgan fingerprint density at radius 1 is 1.53 bits per heavy atom. The number of hydrogen-bond donors (Lipinski definition) is 2. The third kappa shape index (κ3) is 2.01. The minimum Gasteiger partial charge on any atom is -0.368 e. The maximum atomic E-state index is 4.37. The Morgan fingerprint density at radius 2 is 2.33 bits per heavy atom. The smallest absolute Gasteiger partial charge is 0.151 e. The fourth-order valence-electron chi connectivity index (χ4n) is 2.29. The fourth-order valence-corrected chi connectivity index (χ4v) is 2.29. The summed E-state index contributed by atoms with van der Waals surface area (Å²) in [5.74, 6) is 2.47. The van der Waals surface area contributed by atoms with Crippen molar-refractivity contribution in [2.75, 3.05) is 11.9 Å². The third-order valence-electron chi connectivity index (χ3n) is 3.22. The summed E-state index contributed by atoms with van der Waals surface area (Å²) in [5, 5.41) is 11.0. The number of fused-ring (bicyclic) bond motifs is 1. The number of hydrogen-bond acceptors (Lipinski definition) is 2. The van der Waals surface area contributed by atoms with E-state index in [0.717, 1.165) is 12.4 Å². The fraction of sp³-hybridized carbons (Fsp3) is 0.750. The van der Waals surface area contributed by atoms with Crippen LogP contribution in [0.25, 0.3) is 0 Å². The lowest BCUT2D eigenvalue weighted by molar-refractivity contribution is 0.633. The summed E-state index contributed by atoms with van der Waals surface area (Å²) in [6.45, 7) is 7.69. The number of nitrogens with one attached hydrogen (secondary N) is 2. The first-order chi connectivity index (χ1) is 7.22. The highest BCUT2D eigenvalue weighted by molar-refractivity contribution is 5.50. The molecule has 2 rings (SSSR count). The summed E-state index contributed by atoms with van der Waals surface area (Å²) < 4.78 is 0. The van der Waals surface area contributed by atoms with Crippen molar-refractivity contribution < 1.29 is 0 Å². The summed E-state index contributed by atoms with van der Waals surface area (Å²) in [6.07, 6.45) is 3.69. The molecule has 0 aliphatic heterocycles. The molecule has 1 heterocycles. The van der Waals surface area contributed by atoms with Crippen LogP contribution in [0.15, 0.2) is 0 Å². The molecule has 0 saturated carbocycles. The van der Waals surface area contributed by atoms with Crippen LogP contribution < -0.4 is 5.32 Å². The van der Waals surface area contributed by atoms with Crippen molar-refractivity contribution in [2.24, 2.45) is 5.92 Å². The van der Waals surface area contributed by atoms with Gasteiger partial charge in [-0.3, -0.25) is 5.10 Å². The Morgan fingerprint density at radius 3 is 3.00 bits per heavy atom. The van der Waals surface area contributed by atoms with E-state index in [1.165, 1.54) is 30.5 Å². The summed E-state index contributed by atoms with van der Waals surface area (Å²) in [5.41, 5.74) is 2.81. The Labute approximate surface area is 91.7 Å². The van der Waals surface area contributed by atoms with E-state index < -0.39 is 0 Å². The van der Waals surface area contributed by atoms with Crippen molar-refractivity contribution in [2.45, 2.75) is 46.0 Å². The Hall–Kier alpha value is -0.990. The number of rotatable bonds is 4. The molecule has 15 heavy (non-hydrogen) atoms. The summed E-state index contributed by atoms with van der Waals surface area (Å²) in [4.78, 5) is 0. The number of H-pyrrole nitrogens is 1. The molecule has 3 nitrogen and oxygen atoms in total. The standard InChI is InChI=1S/C12H21N3/c1-4-9-5-6-10-11(9)14-15-12(10)13-7-8(2)3/h8-9H,4-7H2,1-3H3,(H2,13,14,15). The molecule has 1 aromatic heterocycles. The molecule has 1 unspecified atom stereocenters. The summed E-state index contributed by atoms with van der Waals surface area (Å²) >= 11 is 0. The number of anilines is 1. The molecule has 0 aromatic carbocycles. The second kappa shape index (κ2) is 4.25. The average Bonchev–Trinajstić information content (AvgIpc) is 2.74. The molecule has 1 atom stereocenters. The second-order valence-corrected chi connectivity index (χ2v) is 4.88. The van der Waals surface area contributed by atoms with Crippen LogP contribution in [-0.4, -0.2) is 16.7 Å². The van der Waals surface area contributed by atoms with Gasteiger partial charge in [0.05, 0.1) is 0 Å². The van der Waals surface area contributed by atoms with Crippen LogP contribution in [0.4, 0.5) is 5.82 Å². The van der Waals surface area contributed by atoms with E-state index in [4.69, 9.17) is 0 Å². The Bertz CT molecular complexity index is 328. The molecule has 0 spiro atoms. The van der Waals surface area contributed by atoms with Crippen LogP contribution in [0.5, 0.6) is 0 Å². The molecule has 1 aliphatic carbocycles. The van der Waals surface area contributed by atoms with Crippen molar-refractivity contribution in [3.05, 3.63) is 11.3 Å².